The van der Waals surface area contributed by atoms with Crippen molar-refractivity contribution < 1.29 is 43.4 Å². The minimum Gasteiger partial charge on any atom is -0.378 e. The summed E-state index contributed by atoms with van der Waals surface area (Å²) in [5, 5.41) is 13.0. The largest absolute Gasteiger partial charge is 0.378 e. The van der Waals surface area contributed by atoms with Crippen LogP contribution in [0.5, 0.6) is 0 Å². The first-order chi connectivity index (χ1) is 22.4. The number of carbonyl (C=O) groups excluding carboxylic acids is 3. The molecule has 4 heterocycles. The molecular weight excluding hydrogens is 598 g/mol. The van der Waals surface area contributed by atoms with Gasteiger partial charge in [0.15, 0.2) is 6.23 Å². The number of amides is 3. The minimum atomic E-state index is -1.10. The van der Waals surface area contributed by atoms with E-state index in [1.165, 1.54) is 4.90 Å². The van der Waals surface area contributed by atoms with Crippen LogP contribution in [0.25, 0.3) is 0 Å². The molecule has 1 spiro atoms. The smallest absolute Gasteiger partial charge is 0.329 e. The van der Waals surface area contributed by atoms with Crippen LogP contribution >= 0.6 is 0 Å². The molecule has 4 fully saturated rings. The molecule has 254 valence electrons. The zero-order valence-electron chi connectivity index (χ0n) is 26.5. The SMILES string of the molecule is NCCOCCOCCOCCNC(=O)c1ccc(N2CCC([NH+]=C3CC4(CCC4)N3C(=O)CN3C(=O)COCC3O)CC2)nc1. The van der Waals surface area contributed by atoms with Crippen LogP contribution in [0.1, 0.15) is 48.9 Å². The van der Waals surface area contributed by atoms with Gasteiger partial charge in [-0.25, -0.2) is 9.78 Å². The maximum atomic E-state index is 13.4. The van der Waals surface area contributed by atoms with Gasteiger partial charge < -0.3 is 44.9 Å². The zero-order chi connectivity index (χ0) is 32.4. The standard InChI is InChI=1S/C31H47N7O8/c32-8-12-43-14-16-45-17-15-44-13-9-33-30(42)23-2-3-25(34-19-23)36-10-4-24(5-11-36)35-26-18-31(6-1-7-31)38(26)27(39)20-37-28(40)21-46-22-29(37)41/h2-3,19,24,28,40H,1,4-18,20-22,32H2,(H,33,42)/p+1. The molecule has 1 aromatic rings. The van der Waals surface area contributed by atoms with Crippen molar-refractivity contribution in [1.82, 2.24) is 20.1 Å². The van der Waals surface area contributed by atoms with Gasteiger partial charge in [-0.2, -0.15) is 4.90 Å². The number of rotatable bonds is 16. The van der Waals surface area contributed by atoms with Gasteiger partial charge in [0.2, 0.25) is 0 Å². The molecule has 1 unspecified atom stereocenters. The predicted octanol–water partition coefficient (Wildman–Crippen LogP) is -2.40. The van der Waals surface area contributed by atoms with Crippen LogP contribution in [0.3, 0.4) is 0 Å². The third-order valence-corrected chi connectivity index (χ3v) is 8.99. The van der Waals surface area contributed by atoms with Gasteiger partial charge >= 0.3 is 5.91 Å². The highest BCUT2D eigenvalue weighted by atomic mass is 16.5. The normalized spacial score (nSPS) is 22.2. The van der Waals surface area contributed by atoms with E-state index in [1.807, 2.05) is 11.0 Å². The molecule has 4 aliphatic rings. The lowest BCUT2D eigenvalue weighted by molar-refractivity contribution is -0.517. The average Bonchev–Trinajstić information content (AvgIpc) is 3.03. The summed E-state index contributed by atoms with van der Waals surface area (Å²) in [5.41, 5.74) is 5.69. The number of pyridine rings is 1. The lowest BCUT2D eigenvalue weighted by Crippen LogP contribution is -2.90. The number of nitrogens with one attached hydrogen (secondary N) is 2. The molecule has 3 saturated heterocycles. The van der Waals surface area contributed by atoms with Gasteiger partial charge in [-0.05, 0) is 31.4 Å². The number of amidine groups is 1. The second kappa shape index (κ2) is 16.6. The van der Waals surface area contributed by atoms with E-state index >= 15 is 0 Å². The topological polar surface area (TPSA) is 183 Å². The summed E-state index contributed by atoms with van der Waals surface area (Å²) in [6, 6.07) is 3.87. The van der Waals surface area contributed by atoms with Crippen molar-refractivity contribution in [1.29, 1.82) is 0 Å². The summed E-state index contributed by atoms with van der Waals surface area (Å²) in [6.07, 6.45) is 6.06. The Morgan fingerprint density at radius 2 is 1.80 bits per heavy atom. The monoisotopic (exact) mass is 646 g/mol. The fourth-order valence-electron chi connectivity index (χ4n) is 6.34. The van der Waals surface area contributed by atoms with Gasteiger partial charge in [0.25, 0.3) is 17.6 Å². The number of ether oxygens (including phenoxy) is 4. The predicted molar refractivity (Wildman–Crippen MR) is 166 cm³/mol. The number of aliphatic hydroxyl groups excluding tert-OH is 1. The summed E-state index contributed by atoms with van der Waals surface area (Å²) >= 11 is 0. The molecule has 0 aromatic carbocycles. The molecule has 15 nitrogen and oxygen atoms in total. The Morgan fingerprint density at radius 1 is 1.09 bits per heavy atom. The number of aromatic nitrogens is 1. The number of nitrogens with zero attached hydrogens (tertiary/aromatic N) is 4. The Balaban J connectivity index is 1.02. The maximum absolute atomic E-state index is 13.4. The van der Waals surface area contributed by atoms with E-state index < -0.39 is 6.23 Å². The van der Waals surface area contributed by atoms with Crippen molar-refractivity contribution in [2.75, 3.05) is 90.5 Å². The number of piperidine rings is 1. The first kappa shape index (κ1) is 34.1. The van der Waals surface area contributed by atoms with E-state index in [0.29, 0.717) is 58.3 Å². The first-order valence-corrected chi connectivity index (χ1v) is 16.3. The summed E-state index contributed by atoms with van der Waals surface area (Å²) in [4.78, 5) is 51.6. The Morgan fingerprint density at radius 3 is 2.43 bits per heavy atom. The van der Waals surface area contributed by atoms with Crippen LogP contribution in [-0.2, 0) is 28.5 Å². The number of morpholine rings is 1. The van der Waals surface area contributed by atoms with Crippen molar-refractivity contribution in [3.05, 3.63) is 23.9 Å². The number of nitrogens with two attached hydrogens (primary N) is 1. The molecule has 0 radical (unpaired) electrons. The van der Waals surface area contributed by atoms with E-state index in [0.717, 1.165) is 63.3 Å². The first-order valence-electron chi connectivity index (χ1n) is 16.3. The van der Waals surface area contributed by atoms with Crippen molar-refractivity contribution in [3.8, 4) is 0 Å². The minimum absolute atomic E-state index is 0.0166. The van der Waals surface area contributed by atoms with Crippen LogP contribution in [0.15, 0.2) is 18.3 Å². The summed E-state index contributed by atoms with van der Waals surface area (Å²) < 4.78 is 21.2. The van der Waals surface area contributed by atoms with Gasteiger partial charge in [0.05, 0.1) is 64.3 Å². The van der Waals surface area contributed by atoms with Crippen LogP contribution < -0.4 is 20.9 Å². The highest BCUT2D eigenvalue weighted by Gasteiger charge is 2.63. The van der Waals surface area contributed by atoms with E-state index in [-0.39, 0.29) is 49.1 Å². The molecule has 46 heavy (non-hydrogen) atoms. The lowest BCUT2D eigenvalue weighted by atomic mass is 9.67. The van der Waals surface area contributed by atoms with E-state index in [9.17, 15) is 19.5 Å². The van der Waals surface area contributed by atoms with Crippen molar-refractivity contribution in [2.24, 2.45) is 5.73 Å². The second-order valence-corrected chi connectivity index (χ2v) is 12.1. The Kier molecular flexibility index (Phi) is 12.3. The number of hydrogen-bond acceptors (Lipinski definition) is 11. The molecule has 15 heteroatoms. The molecule has 5 N–H and O–H groups in total. The maximum Gasteiger partial charge on any atom is 0.329 e. The number of aliphatic hydroxyl groups is 1. The van der Waals surface area contributed by atoms with Crippen molar-refractivity contribution >= 4 is 29.4 Å². The molecule has 3 amide bonds. The number of hydrogen-bond donors (Lipinski definition) is 4. The van der Waals surface area contributed by atoms with Gasteiger partial charge in [0.1, 0.15) is 24.5 Å². The quantitative estimate of drug-likeness (QED) is 0.141. The average molecular weight is 647 g/mol. The zero-order valence-corrected chi connectivity index (χ0v) is 26.5. The van der Waals surface area contributed by atoms with E-state index in [4.69, 9.17) is 24.7 Å². The highest BCUT2D eigenvalue weighted by molar-refractivity contribution is 6.03. The third-order valence-electron chi connectivity index (χ3n) is 8.99. The van der Waals surface area contributed by atoms with Crippen LogP contribution in [0.4, 0.5) is 5.82 Å². The van der Waals surface area contributed by atoms with Crippen molar-refractivity contribution in [3.63, 3.8) is 0 Å². The van der Waals surface area contributed by atoms with Gasteiger partial charge in [-0.15, -0.1) is 0 Å². The molecule has 1 saturated carbocycles. The summed E-state index contributed by atoms with van der Waals surface area (Å²) in [7, 11) is 0. The molecule has 0 bridgehead atoms. The van der Waals surface area contributed by atoms with Gasteiger partial charge in [0, 0.05) is 45.2 Å². The fourth-order valence-corrected chi connectivity index (χ4v) is 6.34. The molecule has 5 rings (SSSR count). The molecule has 1 atom stereocenters. The highest BCUT2D eigenvalue weighted by Crippen LogP contribution is 2.47. The molecule has 3 aliphatic heterocycles. The number of likely N-dealkylation sites (tertiary alicyclic amines) is 1. The van der Waals surface area contributed by atoms with Crippen LogP contribution in [0.2, 0.25) is 0 Å². The van der Waals surface area contributed by atoms with Gasteiger partial charge in [-0.3, -0.25) is 14.6 Å². The molecular formula is C31H48N7O8+. The van der Waals surface area contributed by atoms with E-state index in [1.54, 1.807) is 12.3 Å². The Hall–Kier alpha value is -3.21. The van der Waals surface area contributed by atoms with Crippen LogP contribution in [0, 0.1) is 0 Å². The Bertz CT molecular complexity index is 1200. The summed E-state index contributed by atoms with van der Waals surface area (Å²) in [6.45, 7) is 5.02. The van der Waals surface area contributed by atoms with Gasteiger partial charge in [-0.1, -0.05) is 0 Å². The van der Waals surface area contributed by atoms with E-state index in [2.05, 4.69) is 20.2 Å². The molecule has 1 aromatic heterocycles. The molecule has 1 aliphatic carbocycles. The Labute approximate surface area is 269 Å². The second-order valence-electron chi connectivity index (χ2n) is 12.1. The number of anilines is 1. The third kappa shape index (κ3) is 8.57. The summed E-state index contributed by atoms with van der Waals surface area (Å²) in [5.74, 6) is 0.999. The fraction of sp³-hybridized carbons (Fsp3) is 0.710. The van der Waals surface area contributed by atoms with Crippen LogP contribution in [-0.4, -0.2) is 147 Å². The number of carbonyl (C=O) groups is 3. The van der Waals surface area contributed by atoms with Crippen molar-refractivity contribution in [2.45, 2.75) is 56.3 Å². The lowest BCUT2D eigenvalue weighted by Gasteiger charge is -2.52.